The number of nitrogens with zero attached hydrogens (tertiary/aromatic N) is 5. The number of alkyl halides is 1. The van der Waals surface area contributed by atoms with Crippen molar-refractivity contribution >= 4 is 32.8 Å². The molecular formula is C24H26BrN5O. The summed E-state index contributed by atoms with van der Waals surface area (Å²) >= 11 is 3.55. The molecule has 0 amide bonds. The quantitative estimate of drug-likeness (QED) is 0.337. The van der Waals surface area contributed by atoms with Gasteiger partial charge in [-0.05, 0) is 49.6 Å². The maximum absolute atomic E-state index is 5.57. The highest BCUT2D eigenvalue weighted by Gasteiger charge is 2.22. The van der Waals surface area contributed by atoms with Gasteiger partial charge in [0, 0.05) is 36.1 Å². The van der Waals surface area contributed by atoms with Crippen LogP contribution >= 0.6 is 15.9 Å². The lowest BCUT2D eigenvalue weighted by Gasteiger charge is -2.22. The van der Waals surface area contributed by atoms with Crippen molar-refractivity contribution in [1.29, 1.82) is 0 Å². The maximum Gasteiger partial charge on any atom is 0.193 e. The van der Waals surface area contributed by atoms with Gasteiger partial charge in [-0.3, -0.25) is 0 Å². The average molecular weight is 480 g/mol. The first-order valence-electron chi connectivity index (χ1n) is 10.9. The Hall–Kier alpha value is -2.67. The number of anilines is 1. The van der Waals surface area contributed by atoms with Crippen molar-refractivity contribution in [1.82, 2.24) is 19.5 Å². The molecule has 0 N–H and O–H groups in total. The van der Waals surface area contributed by atoms with E-state index in [4.69, 9.17) is 14.4 Å². The maximum atomic E-state index is 5.57. The van der Waals surface area contributed by atoms with Crippen molar-refractivity contribution in [2.45, 2.75) is 51.0 Å². The second kappa shape index (κ2) is 8.46. The number of imidazole rings is 1. The van der Waals surface area contributed by atoms with Crippen LogP contribution in [0.15, 0.2) is 47.2 Å². The first-order chi connectivity index (χ1) is 15.2. The molecule has 1 aliphatic rings. The predicted octanol–water partition coefficient (Wildman–Crippen LogP) is 5.58. The highest BCUT2D eigenvalue weighted by atomic mass is 79.9. The van der Waals surface area contributed by atoms with E-state index in [-0.39, 0.29) is 0 Å². The zero-order chi connectivity index (χ0) is 21.4. The van der Waals surface area contributed by atoms with Gasteiger partial charge in [0.25, 0.3) is 0 Å². The van der Waals surface area contributed by atoms with Crippen LogP contribution < -0.4 is 4.90 Å². The van der Waals surface area contributed by atoms with Crippen LogP contribution in [0.4, 0.5) is 5.82 Å². The van der Waals surface area contributed by atoms with Crippen LogP contribution in [0, 0.1) is 0 Å². The molecule has 1 atom stereocenters. The van der Waals surface area contributed by atoms with Gasteiger partial charge in [-0.15, -0.1) is 0 Å². The molecule has 0 bridgehead atoms. The van der Waals surface area contributed by atoms with E-state index >= 15 is 0 Å². The highest BCUT2D eigenvalue weighted by molar-refractivity contribution is 9.08. The lowest BCUT2D eigenvalue weighted by Crippen LogP contribution is -2.26. The fourth-order valence-electron chi connectivity index (χ4n) is 4.35. The summed E-state index contributed by atoms with van der Waals surface area (Å²) in [6, 6.07) is 11.2. The highest BCUT2D eigenvalue weighted by Crippen LogP contribution is 2.29. The molecular weight excluding hydrogens is 454 g/mol. The average Bonchev–Trinajstić information content (AvgIpc) is 3.52. The van der Waals surface area contributed by atoms with E-state index in [9.17, 15) is 0 Å². The second-order valence-corrected chi connectivity index (χ2v) is 8.71. The molecule has 1 fully saturated rings. The standard InChI is InChI=1S/C24H26BrN5O/c1-3-23-27-19(15-31-23)14-30-21-8-6-17(12-25)11-20(21)28-24(30)18-7-9-22(26-13-18)29-10-4-5-16(29)2/h6-9,11,13,15-16H,3-5,10,12,14H2,1-2H3. The summed E-state index contributed by atoms with van der Waals surface area (Å²) in [4.78, 5) is 16.8. The number of fused-ring (bicyclic) bond motifs is 1. The largest absolute Gasteiger partial charge is 0.449 e. The zero-order valence-corrected chi connectivity index (χ0v) is 19.5. The SMILES string of the molecule is CCc1nc(Cn2c(-c3ccc(N4CCCC4C)nc3)nc3cc(CBr)ccc32)co1. The van der Waals surface area contributed by atoms with Crippen LogP contribution in [-0.4, -0.2) is 32.1 Å². The summed E-state index contributed by atoms with van der Waals surface area (Å²) < 4.78 is 7.78. The molecule has 1 aromatic carbocycles. The van der Waals surface area contributed by atoms with Crippen LogP contribution in [0.3, 0.4) is 0 Å². The van der Waals surface area contributed by atoms with E-state index in [2.05, 4.69) is 67.6 Å². The van der Waals surface area contributed by atoms with Crippen molar-refractivity contribution < 1.29 is 4.42 Å². The van der Waals surface area contributed by atoms with Crippen LogP contribution in [-0.2, 0) is 18.3 Å². The number of benzene rings is 1. The van der Waals surface area contributed by atoms with Crippen molar-refractivity contribution in [2.24, 2.45) is 0 Å². The fourth-order valence-corrected chi connectivity index (χ4v) is 4.70. The monoisotopic (exact) mass is 479 g/mol. The van der Waals surface area contributed by atoms with Crippen LogP contribution in [0.2, 0.25) is 0 Å². The summed E-state index contributed by atoms with van der Waals surface area (Å²) in [5.41, 5.74) is 5.17. The molecule has 4 aromatic rings. The minimum atomic E-state index is 0.547. The van der Waals surface area contributed by atoms with Gasteiger partial charge in [-0.1, -0.05) is 28.9 Å². The Labute approximate surface area is 190 Å². The van der Waals surface area contributed by atoms with E-state index in [0.29, 0.717) is 12.6 Å². The van der Waals surface area contributed by atoms with E-state index in [1.54, 1.807) is 6.26 Å². The molecule has 3 aromatic heterocycles. The Morgan fingerprint density at radius 2 is 2.10 bits per heavy atom. The fraction of sp³-hybridized carbons (Fsp3) is 0.375. The third-order valence-electron chi connectivity index (χ3n) is 6.04. The van der Waals surface area contributed by atoms with Crippen LogP contribution in [0.25, 0.3) is 22.4 Å². The van der Waals surface area contributed by atoms with Crippen LogP contribution in [0.5, 0.6) is 0 Å². The van der Waals surface area contributed by atoms with Crippen molar-refractivity contribution in [3.05, 3.63) is 59.9 Å². The Kier molecular flexibility index (Phi) is 5.52. The van der Waals surface area contributed by atoms with E-state index in [1.807, 2.05) is 13.1 Å². The topological polar surface area (TPSA) is 60.0 Å². The van der Waals surface area contributed by atoms with Gasteiger partial charge in [-0.25, -0.2) is 15.0 Å². The minimum absolute atomic E-state index is 0.547. The Morgan fingerprint density at radius 1 is 1.19 bits per heavy atom. The van der Waals surface area contributed by atoms with Gasteiger partial charge in [0.05, 0.1) is 23.3 Å². The van der Waals surface area contributed by atoms with E-state index in [0.717, 1.165) is 58.1 Å². The summed E-state index contributed by atoms with van der Waals surface area (Å²) in [5, 5.41) is 0.804. The number of pyridine rings is 1. The van der Waals surface area contributed by atoms with Gasteiger partial charge in [0.2, 0.25) is 0 Å². The van der Waals surface area contributed by atoms with Gasteiger partial charge in [-0.2, -0.15) is 0 Å². The first-order valence-corrected chi connectivity index (χ1v) is 12.0. The molecule has 31 heavy (non-hydrogen) atoms. The molecule has 0 spiro atoms. The van der Waals surface area contributed by atoms with Gasteiger partial charge < -0.3 is 13.9 Å². The molecule has 0 saturated carbocycles. The molecule has 7 heteroatoms. The molecule has 1 aliphatic heterocycles. The minimum Gasteiger partial charge on any atom is -0.449 e. The summed E-state index contributed by atoms with van der Waals surface area (Å²) in [6.45, 7) is 6.00. The number of aryl methyl sites for hydroxylation is 1. The third-order valence-corrected chi connectivity index (χ3v) is 6.69. The summed E-state index contributed by atoms with van der Waals surface area (Å²) in [5.74, 6) is 2.70. The van der Waals surface area contributed by atoms with Crippen molar-refractivity contribution in [3.63, 3.8) is 0 Å². The zero-order valence-electron chi connectivity index (χ0n) is 17.9. The van der Waals surface area contributed by atoms with Crippen molar-refractivity contribution in [2.75, 3.05) is 11.4 Å². The second-order valence-electron chi connectivity index (χ2n) is 8.15. The molecule has 6 nitrogen and oxygen atoms in total. The van der Waals surface area contributed by atoms with E-state index in [1.165, 1.54) is 18.4 Å². The lowest BCUT2D eigenvalue weighted by molar-refractivity contribution is 0.501. The predicted molar refractivity (Wildman–Crippen MR) is 127 cm³/mol. The molecule has 160 valence electrons. The Morgan fingerprint density at radius 3 is 2.77 bits per heavy atom. The Balaban J connectivity index is 1.56. The molecule has 1 unspecified atom stereocenters. The number of oxazole rings is 1. The molecule has 4 heterocycles. The van der Waals surface area contributed by atoms with Gasteiger partial charge in [0.15, 0.2) is 5.89 Å². The molecule has 1 saturated heterocycles. The van der Waals surface area contributed by atoms with Crippen molar-refractivity contribution in [3.8, 4) is 11.4 Å². The Bertz CT molecular complexity index is 1200. The number of hydrogen-bond acceptors (Lipinski definition) is 5. The lowest BCUT2D eigenvalue weighted by atomic mass is 10.2. The number of rotatable bonds is 6. The normalized spacial score (nSPS) is 16.5. The third kappa shape index (κ3) is 3.87. The molecule has 0 aliphatic carbocycles. The van der Waals surface area contributed by atoms with E-state index < -0.39 is 0 Å². The van der Waals surface area contributed by atoms with Gasteiger partial charge >= 0.3 is 0 Å². The number of hydrogen-bond donors (Lipinski definition) is 0. The smallest absolute Gasteiger partial charge is 0.193 e. The number of halogens is 1. The summed E-state index contributed by atoms with van der Waals surface area (Å²) in [7, 11) is 0. The number of aromatic nitrogens is 4. The molecule has 5 rings (SSSR count). The summed E-state index contributed by atoms with van der Waals surface area (Å²) in [6.07, 6.45) is 6.94. The molecule has 0 radical (unpaired) electrons. The van der Waals surface area contributed by atoms with Crippen LogP contribution in [0.1, 0.15) is 43.8 Å². The first kappa shape index (κ1) is 20.2. The van der Waals surface area contributed by atoms with Gasteiger partial charge in [0.1, 0.15) is 17.9 Å².